The molecule has 0 aromatic carbocycles. The smallest absolute Gasteiger partial charge is 0.343 e. The zero-order valence-electron chi connectivity index (χ0n) is 10.4. The highest BCUT2D eigenvalue weighted by Crippen LogP contribution is 2.26. The van der Waals surface area contributed by atoms with Gasteiger partial charge in [-0.05, 0) is 22.0 Å². The molecular formula is C12H12BrFN2O4. The quantitative estimate of drug-likeness (QED) is 0.870. The van der Waals surface area contributed by atoms with Crippen LogP contribution in [-0.2, 0) is 16.1 Å². The minimum atomic E-state index is -2.39. The molecule has 8 heteroatoms. The Balaban J connectivity index is 2.09. The summed E-state index contributed by atoms with van der Waals surface area (Å²) in [7, 11) is 0. The van der Waals surface area contributed by atoms with Gasteiger partial charge in [0.05, 0.1) is 6.54 Å². The lowest BCUT2D eigenvalue weighted by atomic mass is 10.1. The standard InChI is InChI=1S/C12H12BrFN2O4/c13-8-1-2-9(17)16(5-8)6-10(18)15-4-3-12(14,7-15)11(19)20/h1-2,5H,3-4,6-7H2,(H,19,20). The van der Waals surface area contributed by atoms with Gasteiger partial charge < -0.3 is 14.6 Å². The molecule has 0 aliphatic carbocycles. The molecule has 0 bridgehead atoms. The molecule has 1 aliphatic heterocycles. The summed E-state index contributed by atoms with van der Waals surface area (Å²) >= 11 is 3.18. The second-order valence-corrected chi connectivity index (χ2v) is 5.56. The molecule has 1 N–H and O–H groups in total. The summed E-state index contributed by atoms with van der Waals surface area (Å²) in [5.41, 5.74) is -2.75. The summed E-state index contributed by atoms with van der Waals surface area (Å²) in [6, 6.07) is 2.86. The number of rotatable bonds is 3. The zero-order valence-corrected chi connectivity index (χ0v) is 12.0. The monoisotopic (exact) mass is 346 g/mol. The fourth-order valence-corrected chi connectivity index (χ4v) is 2.41. The van der Waals surface area contributed by atoms with Gasteiger partial charge in [0.25, 0.3) is 5.56 Å². The van der Waals surface area contributed by atoms with Crippen LogP contribution in [0.15, 0.2) is 27.6 Å². The molecule has 1 saturated heterocycles. The number of nitrogens with zero attached hydrogens (tertiary/aromatic N) is 2. The lowest BCUT2D eigenvalue weighted by Crippen LogP contribution is -2.40. The average molecular weight is 347 g/mol. The number of pyridine rings is 1. The van der Waals surface area contributed by atoms with Crippen LogP contribution in [-0.4, -0.2) is 45.2 Å². The van der Waals surface area contributed by atoms with Crippen molar-refractivity contribution in [3.8, 4) is 0 Å². The molecule has 1 atom stereocenters. The molecular weight excluding hydrogens is 335 g/mol. The van der Waals surface area contributed by atoms with Crippen molar-refractivity contribution in [2.75, 3.05) is 13.1 Å². The zero-order chi connectivity index (χ0) is 14.9. The van der Waals surface area contributed by atoms with Crippen molar-refractivity contribution in [1.29, 1.82) is 0 Å². The molecule has 1 aliphatic rings. The van der Waals surface area contributed by atoms with E-state index in [0.29, 0.717) is 4.47 Å². The Labute approximate surface area is 121 Å². The Kier molecular flexibility index (Phi) is 3.94. The molecule has 6 nitrogen and oxygen atoms in total. The number of carbonyl (C=O) groups excluding carboxylic acids is 1. The predicted octanol–water partition coefficient (Wildman–Crippen LogP) is 0.636. The number of hydrogen-bond acceptors (Lipinski definition) is 3. The van der Waals surface area contributed by atoms with Crippen molar-refractivity contribution >= 4 is 27.8 Å². The topological polar surface area (TPSA) is 79.6 Å². The minimum absolute atomic E-state index is 0.0321. The summed E-state index contributed by atoms with van der Waals surface area (Å²) in [5.74, 6) is -2.04. The number of hydrogen-bond donors (Lipinski definition) is 1. The second-order valence-electron chi connectivity index (χ2n) is 4.65. The van der Waals surface area contributed by atoms with E-state index < -0.39 is 24.1 Å². The molecule has 1 unspecified atom stereocenters. The highest BCUT2D eigenvalue weighted by atomic mass is 79.9. The van der Waals surface area contributed by atoms with Crippen LogP contribution >= 0.6 is 15.9 Å². The van der Waals surface area contributed by atoms with Crippen molar-refractivity contribution in [1.82, 2.24) is 9.47 Å². The van der Waals surface area contributed by atoms with Crippen LogP contribution in [0.2, 0.25) is 0 Å². The van der Waals surface area contributed by atoms with Gasteiger partial charge in [-0.15, -0.1) is 0 Å². The highest BCUT2D eigenvalue weighted by molar-refractivity contribution is 9.10. The summed E-state index contributed by atoms with van der Waals surface area (Å²) in [6.45, 7) is -0.692. The third-order valence-electron chi connectivity index (χ3n) is 3.21. The maximum absolute atomic E-state index is 13.9. The van der Waals surface area contributed by atoms with Crippen molar-refractivity contribution in [2.45, 2.75) is 18.6 Å². The molecule has 0 radical (unpaired) electrons. The van der Waals surface area contributed by atoms with Crippen LogP contribution < -0.4 is 5.56 Å². The van der Waals surface area contributed by atoms with Crippen LogP contribution in [0.3, 0.4) is 0 Å². The number of alkyl halides is 1. The molecule has 20 heavy (non-hydrogen) atoms. The molecule has 1 aromatic rings. The highest BCUT2D eigenvalue weighted by Gasteiger charge is 2.46. The van der Waals surface area contributed by atoms with Gasteiger partial charge in [0, 0.05) is 29.7 Å². The Morgan fingerprint density at radius 1 is 1.45 bits per heavy atom. The molecule has 2 rings (SSSR count). The van der Waals surface area contributed by atoms with Gasteiger partial charge in [0.2, 0.25) is 11.6 Å². The van der Waals surface area contributed by atoms with Crippen molar-refractivity contribution < 1.29 is 19.1 Å². The lowest BCUT2D eigenvalue weighted by Gasteiger charge is -2.18. The van der Waals surface area contributed by atoms with E-state index in [-0.39, 0.29) is 25.1 Å². The van der Waals surface area contributed by atoms with Crippen LogP contribution in [0.1, 0.15) is 6.42 Å². The summed E-state index contributed by atoms with van der Waals surface area (Å²) in [5, 5.41) is 8.77. The fourth-order valence-electron chi connectivity index (χ4n) is 2.03. The Bertz CT molecular complexity index is 618. The number of aromatic nitrogens is 1. The molecule has 1 amide bonds. The molecule has 0 spiro atoms. The van der Waals surface area contributed by atoms with Gasteiger partial charge in [-0.2, -0.15) is 0 Å². The van der Waals surface area contributed by atoms with Crippen molar-refractivity contribution in [3.05, 3.63) is 33.2 Å². The van der Waals surface area contributed by atoms with E-state index in [1.165, 1.54) is 16.8 Å². The number of likely N-dealkylation sites (tertiary alicyclic amines) is 1. The van der Waals surface area contributed by atoms with Gasteiger partial charge in [-0.25, -0.2) is 9.18 Å². The van der Waals surface area contributed by atoms with E-state index in [1.54, 1.807) is 6.07 Å². The number of amides is 1. The maximum atomic E-state index is 13.9. The molecule has 2 heterocycles. The summed E-state index contributed by atoms with van der Waals surface area (Å²) in [6.07, 6.45) is 1.22. The van der Waals surface area contributed by atoms with E-state index in [9.17, 15) is 18.8 Å². The van der Waals surface area contributed by atoms with Crippen LogP contribution in [0.25, 0.3) is 0 Å². The Morgan fingerprint density at radius 2 is 2.15 bits per heavy atom. The summed E-state index contributed by atoms with van der Waals surface area (Å²) in [4.78, 5) is 35.4. The first kappa shape index (κ1) is 14.7. The third-order valence-corrected chi connectivity index (χ3v) is 3.68. The molecule has 108 valence electrons. The maximum Gasteiger partial charge on any atom is 0.343 e. The fraction of sp³-hybridized carbons (Fsp3) is 0.417. The molecule has 1 fully saturated rings. The molecule has 1 aromatic heterocycles. The van der Waals surface area contributed by atoms with Crippen LogP contribution in [0.4, 0.5) is 4.39 Å². The first-order valence-electron chi connectivity index (χ1n) is 5.88. The SMILES string of the molecule is O=C(Cn1cc(Br)ccc1=O)N1CCC(F)(C(=O)O)C1. The van der Waals surface area contributed by atoms with Gasteiger partial charge in [0.1, 0.15) is 6.54 Å². The van der Waals surface area contributed by atoms with E-state index in [1.807, 2.05) is 0 Å². The van der Waals surface area contributed by atoms with E-state index in [4.69, 9.17) is 5.11 Å². The first-order chi connectivity index (χ1) is 9.32. The number of halogens is 2. The largest absolute Gasteiger partial charge is 0.479 e. The van der Waals surface area contributed by atoms with Crippen molar-refractivity contribution in [2.24, 2.45) is 0 Å². The summed E-state index contributed by atoms with van der Waals surface area (Å²) < 4.78 is 15.7. The third kappa shape index (κ3) is 2.90. The first-order valence-corrected chi connectivity index (χ1v) is 6.67. The van der Waals surface area contributed by atoms with E-state index in [2.05, 4.69) is 15.9 Å². The Morgan fingerprint density at radius 3 is 2.75 bits per heavy atom. The lowest BCUT2D eigenvalue weighted by molar-refractivity contribution is -0.150. The van der Waals surface area contributed by atoms with Crippen molar-refractivity contribution in [3.63, 3.8) is 0 Å². The Hall–Kier alpha value is -1.70. The number of carboxylic acid groups (broad SMARTS) is 1. The van der Waals surface area contributed by atoms with E-state index in [0.717, 1.165) is 4.90 Å². The average Bonchev–Trinajstić information content (AvgIpc) is 2.78. The van der Waals surface area contributed by atoms with Gasteiger partial charge >= 0.3 is 5.97 Å². The van der Waals surface area contributed by atoms with Gasteiger partial charge in [-0.1, -0.05) is 0 Å². The van der Waals surface area contributed by atoms with Gasteiger partial charge in [-0.3, -0.25) is 9.59 Å². The normalized spacial score (nSPS) is 22.0. The van der Waals surface area contributed by atoms with Gasteiger partial charge in [0.15, 0.2) is 0 Å². The molecule has 0 saturated carbocycles. The van der Waals surface area contributed by atoms with Crippen LogP contribution in [0.5, 0.6) is 0 Å². The predicted molar refractivity (Wildman–Crippen MR) is 71.1 cm³/mol. The minimum Gasteiger partial charge on any atom is -0.479 e. The van der Waals surface area contributed by atoms with E-state index >= 15 is 0 Å². The second kappa shape index (κ2) is 5.35. The number of aliphatic carboxylic acids is 1. The number of carboxylic acids is 1. The van der Waals surface area contributed by atoms with Crippen LogP contribution in [0, 0.1) is 0 Å². The number of carbonyl (C=O) groups is 2.